The molecule has 3 rings (SSSR count). The summed E-state index contributed by atoms with van der Waals surface area (Å²) in [6, 6.07) is 8.82. The number of amides is 1. The maximum atomic E-state index is 12.6. The molecule has 1 saturated carbocycles. The molecule has 0 aromatic heterocycles. The van der Waals surface area contributed by atoms with E-state index in [1.165, 1.54) is 17.1 Å². The summed E-state index contributed by atoms with van der Waals surface area (Å²) in [6.45, 7) is 3.07. The fourth-order valence-corrected chi connectivity index (χ4v) is 5.47. The van der Waals surface area contributed by atoms with Crippen LogP contribution in [0.25, 0.3) is 0 Å². The largest absolute Gasteiger partial charge is 0.353 e. The molecule has 1 aliphatic heterocycles. The highest BCUT2D eigenvalue weighted by Gasteiger charge is 2.33. The molecule has 0 bridgehead atoms. The molecule has 25 heavy (non-hydrogen) atoms. The summed E-state index contributed by atoms with van der Waals surface area (Å²) in [7, 11) is -3.44. The van der Waals surface area contributed by atoms with Gasteiger partial charge in [-0.15, -0.1) is 0 Å². The van der Waals surface area contributed by atoms with Crippen LogP contribution in [0.4, 0.5) is 0 Å². The molecule has 0 spiro atoms. The van der Waals surface area contributed by atoms with Gasteiger partial charge in [0.15, 0.2) is 0 Å². The van der Waals surface area contributed by atoms with Gasteiger partial charge in [-0.05, 0) is 43.7 Å². The van der Waals surface area contributed by atoms with Gasteiger partial charge in [0.05, 0.1) is 4.90 Å². The molecule has 1 aliphatic carbocycles. The Morgan fingerprint density at radius 3 is 2.40 bits per heavy atom. The molecule has 138 valence electrons. The van der Waals surface area contributed by atoms with E-state index in [1.807, 2.05) is 6.07 Å². The lowest BCUT2D eigenvalue weighted by Gasteiger charge is -2.33. The van der Waals surface area contributed by atoms with Crippen LogP contribution in [0.3, 0.4) is 0 Å². The Hall–Kier alpha value is -1.40. The van der Waals surface area contributed by atoms with Crippen molar-refractivity contribution in [2.75, 3.05) is 13.1 Å². The molecule has 1 aromatic carbocycles. The van der Waals surface area contributed by atoms with Crippen LogP contribution in [-0.4, -0.2) is 37.8 Å². The van der Waals surface area contributed by atoms with Crippen LogP contribution in [0, 0.1) is 11.8 Å². The highest BCUT2D eigenvalue weighted by atomic mass is 32.2. The zero-order chi connectivity index (χ0) is 17.9. The van der Waals surface area contributed by atoms with Gasteiger partial charge in [-0.2, -0.15) is 4.31 Å². The Balaban J connectivity index is 1.54. The molecule has 1 saturated heterocycles. The second-order valence-electron chi connectivity index (χ2n) is 7.47. The molecule has 2 fully saturated rings. The number of rotatable bonds is 4. The summed E-state index contributed by atoms with van der Waals surface area (Å²) >= 11 is 0. The summed E-state index contributed by atoms with van der Waals surface area (Å²) in [5.74, 6) is 0.715. The van der Waals surface area contributed by atoms with Crippen LogP contribution in [0.2, 0.25) is 0 Å². The highest BCUT2D eigenvalue weighted by Crippen LogP contribution is 2.26. The Bertz CT molecular complexity index is 682. The monoisotopic (exact) mass is 364 g/mol. The van der Waals surface area contributed by atoms with Gasteiger partial charge in [-0.25, -0.2) is 8.42 Å². The number of carbonyl (C=O) groups excluding carboxylic acids is 1. The van der Waals surface area contributed by atoms with Crippen molar-refractivity contribution in [1.29, 1.82) is 0 Å². The standard InChI is InChI=1S/C19H28N2O3S/c1-15-6-5-7-17(14-15)20-19(22)16-10-12-21(13-11-16)25(23,24)18-8-3-2-4-9-18/h2-4,8-9,15-17H,5-7,10-14H2,1H3,(H,20,22). The summed E-state index contributed by atoms with van der Waals surface area (Å²) in [5.41, 5.74) is 0. The van der Waals surface area contributed by atoms with Crippen LogP contribution in [0.1, 0.15) is 45.4 Å². The number of piperidine rings is 1. The first-order valence-electron chi connectivity index (χ1n) is 9.32. The molecule has 6 heteroatoms. The van der Waals surface area contributed by atoms with Crippen molar-refractivity contribution in [2.45, 2.75) is 56.4 Å². The normalized spacial score (nSPS) is 26.3. The molecular weight excluding hydrogens is 336 g/mol. The van der Waals surface area contributed by atoms with Crippen LogP contribution in [-0.2, 0) is 14.8 Å². The number of hydrogen-bond donors (Lipinski definition) is 1. The lowest BCUT2D eigenvalue weighted by Crippen LogP contribution is -2.46. The first-order valence-corrected chi connectivity index (χ1v) is 10.8. The smallest absolute Gasteiger partial charge is 0.243 e. The van der Waals surface area contributed by atoms with Crippen molar-refractivity contribution >= 4 is 15.9 Å². The Labute approximate surface area is 150 Å². The fourth-order valence-electron chi connectivity index (χ4n) is 3.98. The van der Waals surface area contributed by atoms with Gasteiger partial charge in [-0.3, -0.25) is 4.79 Å². The number of nitrogens with one attached hydrogen (secondary N) is 1. The second-order valence-corrected chi connectivity index (χ2v) is 9.41. The Morgan fingerprint density at radius 2 is 1.76 bits per heavy atom. The molecule has 2 atom stereocenters. The van der Waals surface area contributed by atoms with E-state index in [9.17, 15) is 13.2 Å². The zero-order valence-corrected chi connectivity index (χ0v) is 15.7. The minimum atomic E-state index is -3.44. The lowest BCUT2D eigenvalue weighted by atomic mass is 9.86. The topological polar surface area (TPSA) is 66.5 Å². The number of benzene rings is 1. The van der Waals surface area contributed by atoms with E-state index >= 15 is 0 Å². The molecular formula is C19H28N2O3S. The SMILES string of the molecule is CC1CCCC(NC(=O)C2CCN(S(=O)(=O)c3ccccc3)CC2)C1. The van der Waals surface area contributed by atoms with Crippen LogP contribution < -0.4 is 5.32 Å². The van der Waals surface area contributed by atoms with E-state index < -0.39 is 10.0 Å². The van der Waals surface area contributed by atoms with E-state index in [0.717, 1.165) is 12.8 Å². The Morgan fingerprint density at radius 1 is 1.08 bits per heavy atom. The second kappa shape index (κ2) is 7.87. The van der Waals surface area contributed by atoms with Gasteiger partial charge in [0, 0.05) is 25.0 Å². The van der Waals surface area contributed by atoms with E-state index in [0.29, 0.717) is 42.8 Å². The first kappa shape index (κ1) is 18.4. The molecule has 1 heterocycles. The van der Waals surface area contributed by atoms with E-state index in [2.05, 4.69) is 12.2 Å². The van der Waals surface area contributed by atoms with Gasteiger partial charge >= 0.3 is 0 Å². The van der Waals surface area contributed by atoms with Crippen LogP contribution >= 0.6 is 0 Å². The lowest BCUT2D eigenvalue weighted by molar-refractivity contribution is -0.127. The summed E-state index contributed by atoms with van der Waals surface area (Å²) in [4.78, 5) is 12.8. The molecule has 5 nitrogen and oxygen atoms in total. The van der Waals surface area contributed by atoms with Crippen molar-refractivity contribution in [3.05, 3.63) is 30.3 Å². The van der Waals surface area contributed by atoms with E-state index in [4.69, 9.17) is 0 Å². The van der Waals surface area contributed by atoms with Gasteiger partial charge in [-0.1, -0.05) is 38.0 Å². The van der Waals surface area contributed by atoms with Crippen molar-refractivity contribution in [3.8, 4) is 0 Å². The fraction of sp³-hybridized carbons (Fsp3) is 0.632. The van der Waals surface area contributed by atoms with Gasteiger partial charge in [0.1, 0.15) is 0 Å². The number of carbonyl (C=O) groups is 1. The third-order valence-electron chi connectivity index (χ3n) is 5.49. The summed E-state index contributed by atoms with van der Waals surface area (Å²) in [5, 5.41) is 3.20. The van der Waals surface area contributed by atoms with E-state index in [-0.39, 0.29) is 11.8 Å². The maximum Gasteiger partial charge on any atom is 0.243 e. The predicted molar refractivity (Wildman–Crippen MR) is 97.5 cm³/mol. The minimum absolute atomic E-state index is 0.0699. The molecule has 1 N–H and O–H groups in total. The first-order chi connectivity index (χ1) is 12.0. The molecule has 1 amide bonds. The Kier molecular flexibility index (Phi) is 5.79. The predicted octanol–water partition coefficient (Wildman–Crippen LogP) is 2.78. The third kappa shape index (κ3) is 4.42. The minimum Gasteiger partial charge on any atom is -0.353 e. The van der Waals surface area contributed by atoms with Gasteiger partial charge < -0.3 is 5.32 Å². The average molecular weight is 365 g/mol. The number of sulfonamides is 1. The van der Waals surface area contributed by atoms with Crippen LogP contribution in [0.15, 0.2) is 35.2 Å². The van der Waals surface area contributed by atoms with Gasteiger partial charge in [0.2, 0.25) is 15.9 Å². The average Bonchev–Trinajstić information content (AvgIpc) is 2.62. The maximum absolute atomic E-state index is 12.6. The van der Waals surface area contributed by atoms with E-state index in [1.54, 1.807) is 24.3 Å². The molecule has 1 aromatic rings. The number of hydrogen-bond acceptors (Lipinski definition) is 3. The van der Waals surface area contributed by atoms with Crippen molar-refractivity contribution < 1.29 is 13.2 Å². The highest BCUT2D eigenvalue weighted by molar-refractivity contribution is 7.89. The van der Waals surface area contributed by atoms with Gasteiger partial charge in [0.25, 0.3) is 0 Å². The summed E-state index contributed by atoms with van der Waals surface area (Å²) < 4.78 is 26.8. The van der Waals surface area contributed by atoms with Crippen LogP contribution in [0.5, 0.6) is 0 Å². The quantitative estimate of drug-likeness (QED) is 0.893. The van der Waals surface area contributed by atoms with Crippen molar-refractivity contribution in [3.63, 3.8) is 0 Å². The zero-order valence-electron chi connectivity index (χ0n) is 14.9. The molecule has 0 radical (unpaired) electrons. The van der Waals surface area contributed by atoms with Crippen molar-refractivity contribution in [2.24, 2.45) is 11.8 Å². The third-order valence-corrected chi connectivity index (χ3v) is 7.40. The number of nitrogens with zero attached hydrogens (tertiary/aromatic N) is 1. The van der Waals surface area contributed by atoms with Crippen molar-refractivity contribution in [1.82, 2.24) is 9.62 Å². The summed E-state index contributed by atoms with van der Waals surface area (Å²) in [6.07, 6.45) is 5.76. The molecule has 2 aliphatic rings. The molecule has 2 unspecified atom stereocenters.